The molecular weight excluding hydrogens is 422 g/mol. The first-order valence-corrected chi connectivity index (χ1v) is 11.8. The van der Waals surface area contributed by atoms with Crippen LogP contribution in [0.5, 0.6) is 11.5 Å². The number of rotatable bonds is 4. The molecule has 8 nitrogen and oxygen atoms in total. The van der Waals surface area contributed by atoms with Gasteiger partial charge in [0.2, 0.25) is 0 Å². The Kier molecular flexibility index (Phi) is 5.12. The Morgan fingerprint density at radius 3 is 2.71 bits per heavy atom. The van der Waals surface area contributed by atoms with E-state index in [0.717, 1.165) is 23.0 Å². The van der Waals surface area contributed by atoms with E-state index in [4.69, 9.17) is 13.9 Å². The smallest absolute Gasteiger partial charge is 0.339 e. The standard InChI is InChI=1S/C22H25NO7S/c1-12-13(2)21(25)29-20-15-5-7-22(3,4)30-16(15)9-17(19(12)20)28-10-18(24)23-14-6-8-31(26,27)11-14/h6,8-9,14H,5,7,10-11H2,1-4H3,(H,23,24)/t14-/m0/s1. The molecule has 2 aliphatic rings. The molecule has 4 rings (SSSR count). The Morgan fingerprint density at radius 2 is 2.03 bits per heavy atom. The summed E-state index contributed by atoms with van der Waals surface area (Å²) in [5, 5.41) is 4.36. The molecule has 2 aromatic rings. The van der Waals surface area contributed by atoms with Gasteiger partial charge in [0, 0.05) is 22.6 Å². The number of fused-ring (bicyclic) bond motifs is 3. The average molecular weight is 448 g/mol. The van der Waals surface area contributed by atoms with E-state index in [1.807, 2.05) is 20.8 Å². The highest BCUT2D eigenvalue weighted by atomic mass is 32.2. The monoisotopic (exact) mass is 447 g/mol. The molecule has 0 bridgehead atoms. The van der Waals surface area contributed by atoms with Crippen LogP contribution in [0.3, 0.4) is 0 Å². The number of ether oxygens (including phenoxy) is 2. The van der Waals surface area contributed by atoms with Gasteiger partial charge in [0.15, 0.2) is 16.4 Å². The molecule has 166 valence electrons. The van der Waals surface area contributed by atoms with Gasteiger partial charge in [-0.2, -0.15) is 0 Å². The molecule has 0 saturated carbocycles. The van der Waals surface area contributed by atoms with Crippen molar-refractivity contribution in [2.75, 3.05) is 12.4 Å². The highest BCUT2D eigenvalue weighted by molar-refractivity contribution is 7.94. The van der Waals surface area contributed by atoms with Crippen molar-refractivity contribution in [1.29, 1.82) is 0 Å². The largest absolute Gasteiger partial charge is 0.487 e. The zero-order valence-electron chi connectivity index (χ0n) is 17.9. The minimum atomic E-state index is -3.27. The number of carbonyl (C=O) groups excluding carboxylic acids is 1. The molecule has 0 radical (unpaired) electrons. The lowest BCUT2D eigenvalue weighted by molar-refractivity contribution is -0.123. The van der Waals surface area contributed by atoms with Gasteiger partial charge in [-0.25, -0.2) is 13.2 Å². The number of amides is 1. The maximum atomic E-state index is 12.3. The van der Waals surface area contributed by atoms with Gasteiger partial charge in [-0.05, 0) is 52.2 Å². The predicted octanol–water partition coefficient (Wildman–Crippen LogP) is 2.32. The number of sulfone groups is 1. The highest BCUT2D eigenvalue weighted by Crippen LogP contribution is 2.43. The van der Waals surface area contributed by atoms with E-state index in [2.05, 4.69) is 5.32 Å². The first-order valence-electron chi connectivity index (χ1n) is 10.1. The van der Waals surface area contributed by atoms with Gasteiger partial charge in [0.05, 0.1) is 17.2 Å². The molecule has 3 heterocycles. The summed E-state index contributed by atoms with van der Waals surface area (Å²) < 4.78 is 40.6. The molecule has 1 aromatic carbocycles. The topological polar surface area (TPSA) is 112 Å². The van der Waals surface area contributed by atoms with Crippen LogP contribution >= 0.6 is 0 Å². The minimum Gasteiger partial charge on any atom is -0.487 e. The van der Waals surface area contributed by atoms with E-state index >= 15 is 0 Å². The second-order valence-electron chi connectivity index (χ2n) is 8.68. The summed E-state index contributed by atoms with van der Waals surface area (Å²) in [7, 11) is -3.27. The minimum absolute atomic E-state index is 0.160. The molecule has 31 heavy (non-hydrogen) atoms. The first kappa shape index (κ1) is 21.4. The Hall–Kier alpha value is -2.81. The van der Waals surface area contributed by atoms with E-state index in [9.17, 15) is 18.0 Å². The average Bonchev–Trinajstić information content (AvgIpc) is 3.01. The molecule has 1 N–H and O–H groups in total. The van der Waals surface area contributed by atoms with Gasteiger partial charge < -0.3 is 19.2 Å². The quantitative estimate of drug-likeness (QED) is 0.716. The fraction of sp³-hybridized carbons (Fsp3) is 0.455. The lowest BCUT2D eigenvalue weighted by Gasteiger charge is -2.33. The van der Waals surface area contributed by atoms with Crippen molar-refractivity contribution >= 4 is 26.7 Å². The third-order valence-corrected chi connectivity index (χ3v) is 7.14. The molecule has 9 heteroatoms. The van der Waals surface area contributed by atoms with Gasteiger partial charge in [-0.3, -0.25) is 4.79 Å². The van der Waals surface area contributed by atoms with Gasteiger partial charge in [-0.15, -0.1) is 0 Å². The molecule has 0 spiro atoms. The summed E-state index contributed by atoms with van der Waals surface area (Å²) in [5.41, 5.74) is 1.63. The Labute approximate surface area is 180 Å². The summed E-state index contributed by atoms with van der Waals surface area (Å²) in [5.74, 6) is 0.328. The van der Waals surface area contributed by atoms with Crippen molar-refractivity contribution in [1.82, 2.24) is 5.32 Å². The zero-order chi connectivity index (χ0) is 22.6. The van der Waals surface area contributed by atoms with Crippen molar-refractivity contribution in [3.05, 3.63) is 44.7 Å². The SMILES string of the molecule is Cc1c(C)c2c(OCC(=O)N[C@H]3C=CS(=O)(=O)C3)cc3c(c2oc1=O)CCC(C)(C)O3. The first-order chi connectivity index (χ1) is 14.5. The Balaban J connectivity index is 1.67. The summed E-state index contributed by atoms with van der Waals surface area (Å²) >= 11 is 0. The normalized spacial score (nSPS) is 20.8. The summed E-state index contributed by atoms with van der Waals surface area (Å²) in [4.78, 5) is 24.7. The fourth-order valence-corrected chi connectivity index (χ4v) is 5.14. The lowest BCUT2D eigenvalue weighted by Crippen LogP contribution is -2.38. The molecule has 1 aromatic heterocycles. The fourth-order valence-electron chi connectivity index (χ4n) is 3.90. The Morgan fingerprint density at radius 1 is 1.29 bits per heavy atom. The second-order valence-corrected chi connectivity index (χ2v) is 10.6. The van der Waals surface area contributed by atoms with Gasteiger partial charge in [0.1, 0.15) is 22.7 Å². The number of benzene rings is 1. The maximum absolute atomic E-state index is 12.3. The summed E-state index contributed by atoms with van der Waals surface area (Å²) in [6.07, 6.45) is 2.90. The van der Waals surface area contributed by atoms with Gasteiger partial charge in [-0.1, -0.05) is 0 Å². The highest BCUT2D eigenvalue weighted by Gasteiger charge is 2.31. The second kappa shape index (κ2) is 7.40. The molecule has 0 unspecified atom stereocenters. The molecule has 1 amide bonds. The number of hydrogen-bond donors (Lipinski definition) is 1. The van der Waals surface area contributed by atoms with Crippen molar-refractivity contribution < 1.29 is 27.1 Å². The van der Waals surface area contributed by atoms with Crippen molar-refractivity contribution in [3.8, 4) is 11.5 Å². The van der Waals surface area contributed by atoms with Crippen LogP contribution < -0.4 is 20.4 Å². The van der Waals surface area contributed by atoms with E-state index < -0.39 is 27.4 Å². The molecule has 2 aliphatic heterocycles. The van der Waals surface area contributed by atoms with E-state index in [1.54, 1.807) is 13.0 Å². The van der Waals surface area contributed by atoms with E-state index in [-0.39, 0.29) is 18.0 Å². The molecular formula is C22H25NO7S. The zero-order valence-corrected chi connectivity index (χ0v) is 18.7. The van der Waals surface area contributed by atoms with Gasteiger partial charge in [0.25, 0.3) is 5.91 Å². The number of nitrogens with one attached hydrogen (secondary N) is 1. The van der Waals surface area contributed by atoms with Crippen molar-refractivity contribution in [2.45, 2.75) is 52.2 Å². The van der Waals surface area contributed by atoms with E-state index in [1.165, 1.54) is 6.08 Å². The molecule has 0 saturated heterocycles. The van der Waals surface area contributed by atoms with Crippen molar-refractivity contribution in [2.24, 2.45) is 0 Å². The van der Waals surface area contributed by atoms with Crippen LogP contribution in [0.25, 0.3) is 11.0 Å². The van der Waals surface area contributed by atoms with Gasteiger partial charge >= 0.3 is 5.63 Å². The van der Waals surface area contributed by atoms with Crippen LogP contribution in [0.1, 0.15) is 37.0 Å². The molecule has 0 fully saturated rings. The van der Waals surface area contributed by atoms with Crippen LogP contribution in [0, 0.1) is 13.8 Å². The lowest BCUT2D eigenvalue weighted by atomic mass is 9.92. The van der Waals surface area contributed by atoms with Crippen molar-refractivity contribution in [3.63, 3.8) is 0 Å². The van der Waals surface area contributed by atoms with Crippen LogP contribution in [-0.2, 0) is 21.1 Å². The number of hydrogen-bond acceptors (Lipinski definition) is 7. The van der Waals surface area contributed by atoms with Crippen LogP contribution in [0.15, 0.2) is 26.8 Å². The number of aryl methyl sites for hydroxylation is 2. The van der Waals surface area contributed by atoms with Crippen LogP contribution in [-0.4, -0.2) is 38.3 Å². The maximum Gasteiger partial charge on any atom is 0.339 e. The molecule has 1 atom stereocenters. The number of carbonyl (C=O) groups is 1. The third kappa shape index (κ3) is 4.19. The summed E-state index contributed by atoms with van der Waals surface area (Å²) in [6, 6.07) is 1.16. The Bertz CT molecular complexity index is 1270. The summed E-state index contributed by atoms with van der Waals surface area (Å²) in [6.45, 7) is 7.14. The van der Waals surface area contributed by atoms with Crippen LogP contribution in [0.4, 0.5) is 0 Å². The molecule has 0 aliphatic carbocycles. The van der Waals surface area contributed by atoms with E-state index in [0.29, 0.717) is 34.5 Å². The van der Waals surface area contributed by atoms with Crippen LogP contribution in [0.2, 0.25) is 0 Å². The third-order valence-electron chi connectivity index (χ3n) is 5.74. The predicted molar refractivity (Wildman–Crippen MR) is 115 cm³/mol.